The van der Waals surface area contributed by atoms with Crippen LogP contribution in [0.1, 0.15) is 45.4 Å². The highest BCUT2D eigenvalue weighted by atomic mass is 79.9. The molecule has 1 nitrogen and oxygen atoms in total. The van der Waals surface area contributed by atoms with Gasteiger partial charge >= 0.3 is 0 Å². The lowest BCUT2D eigenvalue weighted by molar-refractivity contribution is 0.263. The maximum Gasteiger partial charge on any atom is 0.00338 e. The van der Waals surface area contributed by atoms with Crippen molar-refractivity contribution >= 4 is 15.9 Å². The second-order valence-corrected chi connectivity index (χ2v) is 5.42. The van der Waals surface area contributed by atoms with Gasteiger partial charge in [-0.05, 0) is 51.2 Å². The normalized spacial score (nSPS) is 21.9. The highest BCUT2D eigenvalue weighted by molar-refractivity contribution is 9.09. The predicted octanol–water partition coefficient (Wildman–Crippen LogP) is 3.67. The molecule has 1 saturated heterocycles. The van der Waals surface area contributed by atoms with Crippen molar-refractivity contribution < 1.29 is 0 Å². The van der Waals surface area contributed by atoms with Crippen molar-refractivity contribution in [2.24, 2.45) is 5.92 Å². The molecule has 0 spiro atoms. The Morgan fingerprint density at radius 1 is 1.07 bits per heavy atom. The quantitative estimate of drug-likeness (QED) is 0.683. The number of halogens is 1. The van der Waals surface area contributed by atoms with Crippen molar-refractivity contribution in [3.63, 3.8) is 0 Å². The van der Waals surface area contributed by atoms with E-state index in [9.17, 15) is 0 Å². The van der Waals surface area contributed by atoms with Crippen molar-refractivity contribution in [1.29, 1.82) is 0 Å². The van der Waals surface area contributed by atoms with Crippen LogP contribution in [0.5, 0.6) is 0 Å². The van der Waals surface area contributed by atoms with E-state index in [0.717, 1.165) is 11.2 Å². The number of alkyl halides is 1. The first-order chi connectivity index (χ1) is 6.83. The first-order valence-corrected chi connectivity index (χ1v) is 7.23. The maximum absolute atomic E-state index is 3.51. The Balaban J connectivity index is 2.09. The van der Waals surface area contributed by atoms with Gasteiger partial charge in [-0.1, -0.05) is 35.7 Å². The Morgan fingerprint density at radius 2 is 1.71 bits per heavy atom. The third-order valence-electron chi connectivity index (χ3n) is 3.24. The fraction of sp³-hybridized carbons (Fsp3) is 1.00. The molecule has 0 aromatic carbocycles. The van der Waals surface area contributed by atoms with Gasteiger partial charge in [-0.15, -0.1) is 0 Å². The Hall–Kier alpha value is 0.440. The Bertz CT molecular complexity index is 130. The minimum Gasteiger partial charge on any atom is -0.303 e. The number of hydrogen-bond donors (Lipinski definition) is 0. The SMILES string of the molecule is CC(CCBr)CCN1CCCCCC1. The Kier molecular flexibility index (Phi) is 6.88. The fourth-order valence-electron chi connectivity index (χ4n) is 2.09. The van der Waals surface area contributed by atoms with Gasteiger partial charge in [-0.2, -0.15) is 0 Å². The van der Waals surface area contributed by atoms with Gasteiger partial charge < -0.3 is 4.90 Å². The molecule has 0 aliphatic carbocycles. The first kappa shape index (κ1) is 12.5. The fourth-order valence-corrected chi connectivity index (χ4v) is 2.87. The molecular formula is C12H24BrN. The van der Waals surface area contributed by atoms with Crippen LogP contribution in [0.3, 0.4) is 0 Å². The maximum atomic E-state index is 3.51. The van der Waals surface area contributed by atoms with E-state index < -0.39 is 0 Å². The minimum atomic E-state index is 0.887. The molecular weight excluding hydrogens is 238 g/mol. The van der Waals surface area contributed by atoms with Crippen LogP contribution in [0.15, 0.2) is 0 Å². The van der Waals surface area contributed by atoms with Gasteiger partial charge in [0.15, 0.2) is 0 Å². The molecule has 0 aromatic heterocycles. The third-order valence-corrected chi connectivity index (χ3v) is 3.70. The molecule has 1 aliphatic rings. The molecule has 0 amide bonds. The number of nitrogens with zero attached hydrogens (tertiary/aromatic N) is 1. The molecule has 1 unspecified atom stereocenters. The minimum absolute atomic E-state index is 0.887. The molecule has 84 valence electrons. The van der Waals surface area contributed by atoms with Gasteiger partial charge in [-0.25, -0.2) is 0 Å². The predicted molar refractivity (Wildman–Crippen MR) is 67.1 cm³/mol. The lowest BCUT2D eigenvalue weighted by atomic mass is 10.1. The zero-order chi connectivity index (χ0) is 10.2. The molecule has 1 heterocycles. The standard InChI is InChI=1S/C12H24BrN/c1-12(6-8-13)7-11-14-9-4-2-3-5-10-14/h12H,2-11H2,1H3. The van der Waals surface area contributed by atoms with Gasteiger partial charge in [0.05, 0.1) is 0 Å². The van der Waals surface area contributed by atoms with Crippen molar-refractivity contribution in [1.82, 2.24) is 4.90 Å². The van der Waals surface area contributed by atoms with E-state index in [0.29, 0.717) is 0 Å². The van der Waals surface area contributed by atoms with E-state index >= 15 is 0 Å². The van der Waals surface area contributed by atoms with Crippen molar-refractivity contribution in [3.8, 4) is 0 Å². The lowest BCUT2D eigenvalue weighted by Crippen LogP contribution is -2.26. The summed E-state index contributed by atoms with van der Waals surface area (Å²) in [5.74, 6) is 0.887. The van der Waals surface area contributed by atoms with Crippen LogP contribution in [0.4, 0.5) is 0 Å². The van der Waals surface area contributed by atoms with Crippen LogP contribution in [-0.4, -0.2) is 29.9 Å². The van der Waals surface area contributed by atoms with Crippen LogP contribution >= 0.6 is 15.9 Å². The molecule has 0 saturated carbocycles. The van der Waals surface area contributed by atoms with E-state index in [1.165, 1.54) is 58.2 Å². The molecule has 1 fully saturated rings. The number of hydrogen-bond acceptors (Lipinski definition) is 1. The van der Waals surface area contributed by atoms with Gasteiger partial charge in [0.1, 0.15) is 0 Å². The van der Waals surface area contributed by atoms with Crippen molar-refractivity contribution in [3.05, 3.63) is 0 Å². The average Bonchev–Trinajstić information content (AvgIpc) is 2.43. The molecule has 14 heavy (non-hydrogen) atoms. The lowest BCUT2D eigenvalue weighted by Gasteiger charge is -2.21. The number of likely N-dealkylation sites (tertiary alicyclic amines) is 1. The zero-order valence-corrected chi connectivity index (χ0v) is 11.1. The highest BCUT2D eigenvalue weighted by Crippen LogP contribution is 2.13. The molecule has 0 N–H and O–H groups in total. The van der Waals surface area contributed by atoms with Crippen LogP contribution < -0.4 is 0 Å². The van der Waals surface area contributed by atoms with E-state index in [4.69, 9.17) is 0 Å². The van der Waals surface area contributed by atoms with Gasteiger partial charge in [0.2, 0.25) is 0 Å². The van der Waals surface area contributed by atoms with Gasteiger partial charge in [0, 0.05) is 5.33 Å². The molecule has 0 radical (unpaired) electrons. The number of rotatable bonds is 5. The molecule has 2 heteroatoms. The Morgan fingerprint density at radius 3 is 2.29 bits per heavy atom. The van der Waals surface area contributed by atoms with Crippen molar-refractivity contribution in [2.45, 2.75) is 45.4 Å². The summed E-state index contributed by atoms with van der Waals surface area (Å²) in [7, 11) is 0. The first-order valence-electron chi connectivity index (χ1n) is 6.11. The summed E-state index contributed by atoms with van der Waals surface area (Å²) in [6, 6.07) is 0. The van der Waals surface area contributed by atoms with Crippen LogP contribution in [0, 0.1) is 5.92 Å². The monoisotopic (exact) mass is 261 g/mol. The van der Waals surface area contributed by atoms with E-state index in [2.05, 4.69) is 27.8 Å². The summed E-state index contributed by atoms with van der Waals surface area (Å²) in [6.45, 7) is 6.40. The smallest absolute Gasteiger partial charge is 0.00338 e. The second-order valence-electron chi connectivity index (χ2n) is 4.63. The van der Waals surface area contributed by atoms with Gasteiger partial charge in [-0.3, -0.25) is 0 Å². The second kappa shape index (κ2) is 7.70. The van der Waals surface area contributed by atoms with Crippen molar-refractivity contribution in [2.75, 3.05) is 25.0 Å². The van der Waals surface area contributed by atoms with Crippen LogP contribution in [-0.2, 0) is 0 Å². The zero-order valence-electron chi connectivity index (χ0n) is 9.47. The van der Waals surface area contributed by atoms with E-state index in [1.54, 1.807) is 0 Å². The molecule has 0 aromatic rings. The third kappa shape index (κ3) is 5.35. The average molecular weight is 262 g/mol. The summed E-state index contributed by atoms with van der Waals surface area (Å²) in [5.41, 5.74) is 0. The Labute approximate surface area is 97.4 Å². The molecule has 1 rings (SSSR count). The van der Waals surface area contributed by atoms with Gasteiger partial charge in [0.25, 0.3) is 0 Å². The largest absolute Gasteiger partial charge is 0.303 e. The van der Waals surface area contributed by atoms with E-state index in [-0.39, 0.29) is 0 Å². The molecule has 0 bridgehead atoms. The topological polar surface area (TPSA) is 3.24 Å². The molecule has 1 aliphatic heterocycles. The van der Waals surface area contributed by atoms with Crippen LogP contribution in [0.25, 0.3) is 0 Å². The molecule has 1 atom stereocenters. The summed E-state index contributed by atoms with van der Waals surface area (Å²) >= 11 is 3.51. The summed E-state index contributed by atoms with van der Waals surface area (Å²) in [5, 5.41) is 1.16. The highest BCUT2D eigenvalue weighted by Gasteiger charge is 2.10. The summed E-state index contributed by atoms with van der Waals surface area (Å²) < 4.78 is 0. The summed E-state index contributed by atoms with van der Waals surface area (Å²) in [6.07, 6.45) is 8.46. The summed E-state index contributed by atoms with van der Waals surface area (Å²) in [4.78, 5) is 2.66. The van der Waals surface area contributed by atoms with E-state index in [1.807, 2.05) is 0 Å². The van der Waals surface area contributed by atoms with Crippen LogP contribution in [0.2, 0.25) is 0 Å².